The third-order valence-corrected chi connectivity index (χ3v) is 5.48. The number of methoxy groups -OCH3 is 2. The van der Waals surface area contributed by atoms with Gasteiger partial charge in [-0.15, -0.1) is 0 Å². The molecular formula is C17H29NO4S. The van der Waals surface area contributed by atoms with Crippen LogP contribution < -0.4 is 14.2 Å². The van der Waals surface area contributed by atoms with E-state index in [-0.39, 0.29) is 10.9 Å². The summed E-state index contributed by atoms with van der Waals surface area (Å²) in [4.78, 5) is 0.228. The Kier molecular flexibility index (Phi) is 7.35. The quantitative estimate of drug-likeness (QED) is 0.745. The highest BCUT2D eigenvalue weighted by Crippen LogP contribution is 2.32. The molecule has 0 radical (unpaired) electrons. The molecule has 0 amide bonds. The molecule has 1 aromatic rings. The fraction of sp³-hybridized carbons (Fsp3) is 0.647. The van der Waals surface area contributed by atoms with Crippen LogP contribution in [0.5, 0.6) is 11.5 Å². The van der Waals surface area contributed by atoms with Crippen LogP contribution in [0.25, 0.3) is 0 Å². The maximum absolute atomic E-state index is 12.6. The lowest BCUT2D eigenvalue weighted by Crippen LogP contribution is -2.33. The molecule has 1 N–H and O–H groups in total. The van der Waals surface area contributed by atoms with Crippen LogP contribution in [-0.2, 0) is 10.0 Å². The topological polar surface area (TPSA) is 64.6 Å². The molecule has 23 heavy (non-hydrogen) atoms. The van der Waals surface area contributed by atoms with Crippen molar-refractivity contribution >= 4 is 10.0 Å². The van der Waals surface area contributed by atoms with Crippen molar-refractivity contribution in [3.8, 4) is 11.5 Å². The van der Waals surface area contributed by atoms with E-state index in [9.17, 15) is 8.42 Å². The maximum Gasteiger partial charge on any atom is 0.241 e. The zero-order valence-corrected chi connectivity index (χ0v) is 15.8. The third-order valence-electron chi connectivity index (χ3n) is 3.75. The molecule has 0 fully saturated rings. The number of hydrogen-bond donors (Lipinski definition) is 1. The van der Waals surface area contributed by atoms with E-state index in [4.69, 9.17) is 9.47 Å². The fourth-order valence-electron chi connectivity index (χ4n) is 2.47. The Bertz CT molecular complexity index is 611. The van der Waals surface area contributed by atoms with Gasteiger partial charge in [0.1, 0.15) is 0 Å². The Hall–Kier alpha value is -1.27. The van der Waals surface area contributed by atoms with Gasteiger partial charge in [-0.2, -0.15) is 0 Å². The van der Waals surface area contributed by atoms with E-state index in [0.717, 1.165) is 19.3 Å². The first-order valence-corrected chi connectivity index (χ1v) is 9.44. The molecule has 5 nitrogen and oxygen atoms in total. The average Bonchev–Trinajstić information content (AvgIpc) is 2.45. The van der Waals surface area contributed by atoms with Crippen LogP contribution in [0.15, 0.2) is 17.0 Å². The first kappa shape index (κ1) is 19.8. The molecule has 0 bridgehead atoms. The minimum Gasteiger partial charge on any atom is -0.493 e. The number of sulfonamides is 1. The van der Waals surface area contributed by atoms with Crippen molar-refractivity contribution in [3.63, 3.8) is 0 Å². The molecule has 0 aliphatic carbocycles. The highest BCUT2D eigenvalue weighted by Gasteiger charge is 2.22. The summed E-state index contributed by atoms with van der Waals surface area (Å²) in [7, 11) is -0.564. The first-order chi connectivity index (χ1) is 10.7. The van der Waals surface area contributed by atoms with E-state index >= 15 is 0 Å². The minimum atomic E-state index is -3.58. The molecule has 1 unspecified atom stereocenters. The predicted octanol–water partition coefficient (Wildman–Crippen LogP) is 3.51. The van der Waals surface area contributed by atoms with Crippen LogP contribution in [0.2, 0.25) is 0 Å². The van der Waals surface area contributed by atoms with Crippen LogP contribution in [-0.4, -0.2) is 28.7 Å². The molecule has 1 aromatic carbocycles. The van der Waals surface area contributed by atoms with Gasteiger partial charge in [0.25, 0.3) is 0 Å². The second-order valence-corrected chi connectivity index (χ2v) is 8.00. The second kappa shape index (κ2) is 8.55. The van der Waals surface area contributed by atoms with E-state index in [1.54, 1.807) is 13.0 Å². The van der Waals surface area contributed by atoms with Crippen molar-refractivity contribution in [3.05, 3.63) is 17.7 Å². The maximum atomic E-state index is 12.6. The van der Waals surface area contributed by atoms with E-state index in [1.807, 2.05) is 6.92 Å². The predicted molar refractivity (Wildman–Crippen MR) is 92.8 cm³/mol. The molecule has 6 heteroatoms. The van der Waals surface area contributed by atoms with Crippen molar-refractivity contribution in [2.45, 2.75) is 57.9 Å². The van der Waals surface area contributed by atoms with E-state index in [0.29, 0.717) is 23.0 Å². The largest absolute Gasteiger partial charge is 0.493 e. The molecule has 0 saturated heterocycles. The second-order valence-electron chi connectivity index (χ2n) is 6.32. The van der Waals surface area contributed by atoms with Crippen molar-refractivity contribution in [2.75, 3.05) is 14.2 Å². The highest BCUT2D eigenvalue weighted by atomic mass is 32.2. The minimum absolute atomic E-state index is 0.105. The molecule has 0 aliphatic heterocycles. The van der Waals surface area contributed by atoms with Gasteiger partial charge in [-0.05, 0) is 37.8 Å². The number of hydrogen-bond acceptors (Lipinski definition) is 4. The normalized spacial score (nSPS) is 13.2. The Labute approximate surface area is 140 Å². The van der Waals surface area contributed by atoms with Crippen LogP contribution in [0, 0.1) is 12.8 Å². The summed E-state index contributed by atoms with van der Waals surface area (Å²) in [5.41, 5.74) is 0.629. The van der Waals surface area contributed by atoms with Crippen molar-refractivity contribution in [2.24, 2.45) is 5.92 Å². The third kappa shape index (κ3) is 5.70. The zero-order valence-electron chi connectivity index (χ0n) is 15.0. The summed E-state index contributed by atoms with van der Waals surface area (Å²) in [5, 5.41) is 0. The molecule has 0 spiro atoms. The van der Waals surface area contributed by atoms with Gasteiger partial charge in [0, 0.05) is 12.1 Å². The summed E-state index contributed by atoms with van der Waals surface area (Å²) in [5.74, 6) is 1.56. The van der Waals surface area contributed by atoms with Gasteiger partial charge in [-0.3, -0.25) is 0 Å². The summed E-state index contributed by atoms with van der Waals surface area (Å²) in [6.45, 7) is 7.98. The molecule has 1 rings (SSSR count). The van der Waals surface area contributed by atoms with E-state index in [2.05, 4.69) is 18.6 Å². The molecule has 0 aromatic heterocycles. The Morgan fingerprint density at radius 1 is 1.04 bits per heavy atom. The van der Waals surface area contributed by atoms with Crippen LogP contribution in [0.4, 0.5) is 0 Å². The van der Waals surface area contributed by atoms with E-state index < -0.39 is 10.0 Å². The van der Waals surface area contributed by atoms with Crippen LogP contribution >= 0.6 is 0 Å². The van der Waals surface area contributed by atoms with Gasteiger partial charge in [0.2, 0.25) is 10.0 Å². The van der Waals surface area contributed by atoms with Crippen LogP contribution in [0.1, 0.15) is 45.6 Å². The molecule has 132 valence electrons. The molecular weight excluding hydrogens is 314 g/mol. The van der Waals surface area contributed by atoms with Gasteiger partial charge in [0.05, 0.1) is 19.1 Å². The van der Waals surface area contributed by atoms with Crippen molar-refractivity contribution in [1.82, 2.24) is 4.72 Å². The van der Waals surface area contributed by atoms with Crippen molar-refractivity contribution < 1.29 is 17.9 Å². The van der Waals surface area contributed by atoms with Gasteiger partial charge >= 0.3 is 0 Å². The van der Waals surface area contributed by atoms with E-state index in [1.165, 1.54) is 20.3 Å². The lowest BCUT2D eigenvalue weighted by Gasteiger charge is -2.17. The fourth-order valence-corrected chi connectivity index (χ4v) is 3.99. The molecule has 0 aliphatic rings. The number of nitrogens with one attached hydrogen (secondary N) is 1. The molecule has 1 atom stereocenters. The Morgan fingerprint density at radius 2 is 1.61 bits per heavy atom. The number of benzene rings is 1. The summed E-state index contributed by atoms with van der Waals surface area (Å²) in [6, 6.07) is 3.08. The molecule has 0 heterocycles. The highest BCUT2D eigenvalue weighted by molar-refractivity contribution is 7.89. The lowest BCUT2D eigenvalue weighted by molar-refractivity contribution is 0.353. The zero-order chi connectivity index (χ0) is 17.6. The van der Waals surface area contributed by atoms with Crippen LogP contribution in [0.3, 0.4) is 0 Å². The Morgan fingerprint density at radius 3 is 2.13 bits per heavy atom. The summed E-state index contributed by atoms with van der Waals surface area (Å²) in [6.07, 6.45) is 2.93. The van der Waals surface area contributed by atoms with Gasteiger partial charge in [-0.1, -0.05) is 26.7 Å². The number of rotatable bonds is 9. The summed E-state index contributed by atoms with van der Waals surface area (Å²) < 4.78 is 38.4. The summed E-state index contributed by atoms with van der Waals surface area (Å²) >= 11 is 0. The Balaban J connectivity index is 2.91. The number of ether oxygens (including phenoxy) is 2. The van der Waals surface area contributed by atoms with Gasteiger partial charge in [-0.25, -0.2) is 13.1 Å². The number of aryl methyl sites for hydroxylation is 1. The lowest BCUT2D eigenvalue weighted by atomic mass is 10.0. The first-order valence-electron chi connectivity index (χ1n) is 7.96. The SMILES string of the molecule is COc1cc(C)c(S(=O)(=O)NC(C)CCCC(C)C)cc1OC. The standard InChI is InChI=1S/C17H29NO4S/c1-12(2)8-7-9-14(4)18-23(19,20)17-11-16(22-6)15(21-5)10-13(17)3/h10-12,14,18H,7-9H2,1-6H3. The monoisotopic (exact) mass is 343 g/mol. The smallest absolute Gasteiger partial charge is 0.241 e. The van der Waals surface area contributed by atoms with Crippen molar-refractivity contribution in [1.29, 1.82) is 0 Å². The van der Waals surface area contributed by atoms with Gasteiger partial charge in [0.15, 0.2) is 11.5 Å². The average molecular weight is 343 g/mol. The molecule has 0 saturated carbocycles. The van der Waals surface area contributed by atoms with Gasteiger partial charge < -0.3 is 9.47 Å².